The quantitative estimate of drug-likeness (QED) is 0.583. The summed E-state index contributed by atoms with van der Waals surface area (Å²) in [4.78, 5) is 20.5. The van der Waals surface area contributed by atoms with Crippen molar-refractivity contribution in [3.63, 3.8) is 0 Å². The Hall–Kier alpha value is -2.02. The van der Waals surface area contributed by atoms with Gasteiger partial charge in [0.05, 0.1) is 15.9 Å². The molecule has 0 radical (unpaired) electrons. The van der Waals surface area contributed by atoms with Crippen LogP contribution in [0.2, 0.25) is 0 Å². The number of nitro groups is 2. The van der Waals surface area contributed by atoms with Crippen molar-refractivity contribution >= 4 is 11.4 Å². The molecule has 0 fully saturated rings. The second kappa shape index (κ2) is 7.54. The molecule has 0 aliphatic carbocycles. The summed E-state index contributed by atoms with van der Waals surface area (Å²) >= 11 is 0. The van der Waals surface area contributed by atoms with Gasteiger partial charge in [-0.25, -0.2) is 0 Å². The smallest absolute Gasteiger partial charge is 0.279 e. The molecule has 20 heavy (non-hydrogen) atoms. The van der Waals surface area contributed by atoms with Gasteiger partial charge in [-0.1, -0.05) is 13.8 Å². The lowest BCUT2D eigenvalue weighted by molar-refractivity contribution is -0.394. The van der Waals surface area contributed by atoms with Crippen LogP contribution in [-0.4, -0.2) is 22.4 Å². The normalized spacial score (nSPS) is 12.1. The van der Waals surface area contributed by atoms with E-state index in [-0.39, 0.29) is 11.4 Å². The van der Waals surface area contributed by atoms with Gasteiger partial charge < -0.3 is 5.32 Å². The van der Waals surface area contributed by atoms with Crippen LogP contribution in [0.25, 0.3) is 0 Å². The summed E-state index contributed by atoms with van der Waals surface area (Å²) in [6, 6.07) is 4.13. The fourth-order valence-electron chi connectivity index (χ4n) is 2.12. The predicted molar refractivity (Wildman–Crippen MR) is 75.8 cm³/mol. The second-order valence-corrected chi connectivity index (χ2v) is 4.53. The highest BCUT2D eigenvalue weighted by Crippen LogP contribution is 2.26. The first-order chi connectivity index (χ1) is 9.49. The molecule has 1 atom stereocenters. The van der Waals surface area contributed by atoms with Crippen molar-refractivity contribution < 1.29 is 9.85 Å². The molecule has 7 heteroatoms. The third-order valence-corrected chi connectivity index (χ3v) is 3.22. The van der Waals surface area contributed by atoms with Crippen LogP contribution in [0.4, 0.5) is 11.4 Å². The molecule has 0 spiro atoms. The van der Waals surface area contributed by atoms with Gasteiger partial charge in [0.2, 0.25) is 0 Å². The first-order valence-corrected chi connectivity index (χ1v) is 6.64. The van der Waals surface area contributed by atoms with Gasteiger partial charge >= 0.3 is 0 Å². The average Bonchev–Trinajstić information content (AvgIpc) is 2.42. The molecule has 0 aromatic heterocycles. The average molecular weight is 281 g/mol. The largest absolute Gasteiger partial charge is 0.314 e. The van der Waals surface area contributed by atoms with E-state index < -0.39 is 9.85 Å². The van der Waals surface area contributed by atoms with Crippen LogP contribution in [0, 0.1) is 20.2 Å². The van der Waals surface area contributed by atoms with E-state index in [0.29, 0.717) is 18.0 Å². The van der Waals surface area contributed by atoms with E-state index >= 15 is 0 Å². The van der Waals surface area contributed by atoms with Crippen molar-refractivity contribution in [2.45, 2.75) is 39.2 Å². The van der Waals surface area contributed by atoms with Gasteiger partial charge in [0.15, 0.2) is 0 Å². The van der Waals surface area contributed by atoms with Crippen molar-refractivity contribution in [3.8, 4) is 0 Å². The molecule has 1 rings (SSSR count). The fourth-order valence-corrected chi connectivity index (χ4v) is 2.12. The molecule has 0 bridgehead atoms. The van der Waals surface area contributed by atoms with Crippen molar-refractivity contribution in [1.29, 1.82) is 0 Å². The standard InChI is InChI=1S/C13H19N3O4/c1-3-11(14-4-2)7-5-10-6-8-12(15(17)18)9-13(10)16(19)20/h6,8-9,11,14H,3-5,7H2,1-2H3. The zero-order valence-corrected chi connectivity index (χ0v) is 11.7. The molecule has 0 aliphatic heterocycles. The second-order valence-electron chi connectivity index (χ2n) is 4.53. The van der Waals surface area contributed by atoms with E-state index in [2.05, 4.69) is 12.2 Å². The number of nitro benzene ring substituents is 2. The number of nitrogens with one attached hydrogen (secondary N) is 1. The Bertz CT molecular complexity index is 491. The Labute approximate surface area is 117 Å². The number of benzene rings is 1. The Morgan fingerprint density at radius 3 is 2.40 bits per heavy atom. The topological polar surface area (TPSA) is 98.3 Å². The number of rotatable bonds is 8. The summed E-state index contributed by atoms with van der Waals surface area (Å²) in [5.41, 5.74) is 0.113. The highest BCUT2D eigenvalue weighted by molar-refractivity contribution is 5.49. The van der Waals surface area contributed by atoms with Crippen molar-refractivity contribution in [2.24, 2.45) is 0 Å². The minimum absolute atomic E-state index is 0.175. The van der Waals surface area contributed by atoms with Crippen molar-refractivity contribution in [2.75, 3.05) is 6.54 Å². The van der Waals surface area contributed by atoms with Gasteiger partial charge in [-0.3, -0.25) is 20.2 Å². The summed E-state index contributed by atoms with van der Waals surface area (Å²) in [6.45, 7) is 4.91. The maximum absolute atomic E-state index is 11.0. The van der Waals surface area contributed by atoms with E-state index in [4.69, 9.17) is 0 Å². The van der Waals surface area contributed by atoms with Gasteiger partial charge in [-0.2, -0.15) is 0 Å². The minimum atomic E-state index is -0.621. The van der Waals surface area contributed by atoms with E-state index in [9.17, 15) is 20.2 Å². The molecular weight excluding hydrogens is 262 g/mol. The summed E-state index contributed by atoms with van der Waals surface area (Å²) in [7, 11) is 0. The summed E-state index contributed by atoms with van der Waals surface area (Å²) in [5.74, 6) is 0. The van der Waals surface area contributed by atoms with Crippen LogP contribution >= 0.6 is 0 Å². The molecule has 0 heterocycles. The molecule has 0 aliphatic rings. The first kappa shape index (κ1) is 16.0. The Morgan fingerprint density at radius 1 is 1.20 bits per heavy atom. The van der Waals surface area contributed by atoms with Gasteiger partial charge in [0, 0.05) is 17.7 Å². The Morgan fingerprint density at radius 2 is 1.90 bits per heavy atom. The molecule has 0 saturated heterocycles. The van der Waals surface area contributed by atoms with E-state index in [1.54, 1.807) is 0 Å². The number of nitrogens with zero attached hydrogens (tertiary/aromatic N) is 2. The van der Waals surface area contributed by atoms with Crippen LogP contribution in [0.5, 0.6) is 0 Å². The van der Waals surface area contributed by atoms with E-state index in [1.807, 2.05) is 6.92 Å². The molecule has 110 valence electrons. The van der Waals surface area contributed by atoms with Crippen LogP contribution < -0.4 is 5.32 Å². The molecule has 1 unspecified atom stereocenters. The molecule has 0 saturated carbocycles. The zero-order chi connectivity index (χ0) is 15.1. The van der Waals surface area contributed by atoms with Gasteiger partial charge in [0.1, 0.15) is 0 Å². The predicted octanol–water partition coefficient (Wildman–Crippen LogP) is 2.82. The summed E-state index contributed by atoms with van der Waals surface area (Å²) in [6.07, 6.45) is 2.23. The third-order valence-electron chi connectivity index (χ3n) is 3.22. The number of hydrogen-bond acceptors (Lipinski definition) is 5. The number of hydrogen-bond donors (Lipinski definition) is 1. The third kappa shape index (κ3) is 4.27. The zero-order valence-electron chi connectivity index (χ0n) is 11.7. The lowest BCUT2D eigenvalue weighted by Crippen LogP contribution is -2.28. The molecule has 7 nitrogen and oxygen atoms in total. The van der Waals surface area contributed by atoms with Gasteiger partial charge in [-0.05, 0) is 31.9 Å². The van der Waals surface area contributed by atoms with Crippen molar-refractivity contribution in [3.05, 3.63) is 44.0 Å². The minimum Gasteiger partial charge on any atom is -0.314 e. The number of non-ortho nitro benzene ring substituents is 1. The monoisotopic (exact) mass is 281 g/mol. The van der Waals surface area contributed by atoms with Gasteiger partial charge in [-0.15, -0.1) is 0 Å². The molecule has 0 amide bonds. The van der Waals surface area contributed by atoms with Crippen LogP contribution in [-0.2, 0) is 6.42 Å². The summed E-state index contributed by atoms with van der Waals surface area (Å²) < 4.78 is 0. The van der Waals surface area contributed by atoms with Crippen LogP contribution in [0.3, 0.4) is 0 Å². The Balaban J connectivity index is 2.89. The maximum atomic E-state index is 11.0. The highest BCUT2D eigenvalue weighted by atomic mass is 16.6. The number of aryl methyl sites for hydroxylation is 1. The highest BCUT2D eigenvalue weighted by Gasteiger charge is 2.19. The molecule has 1 aromatic rings. The maximum Gasteiger partial charge on any atom is 0.279 e. The molecule has 1 N–H and O–H groups in total. The van der Waals surface area contributed by atoms with E-state index in [1.165, 1.54) is 12.1 Å². The van der Waals surface area contributed by atoms with Crippen LogP contribution in [0.15, 0.2) is 18.2 Å². The Kier molecular flexibility index (Phi) is 6.05. The van der Waals surface area contributed by atoms with Gasteiger partial charge in [0.25, 0.3) is 11.4 Å². The lowest BCUT2D eigenvalue weighted by atomic mass is 10.0. The first-order valence-electron chi connectivity index (χ1n) is 6.64. The van der Waals surface area contributed by atoms with E-state index in [0.717, 1.165) is 25.5 Å². The van der Waals surface area contributed by atoms with Crippen LogP contribution in [0.1, 0.15) is 32.3 Å². The molecule has 1 aromatic carbocycles. The lowest BCUT2D eigenvalue weighted by Gasteiger charge is -2.15. The molecular formula is C13H19N3O4. The summed E-state index contributed by atoms with van der Waals surface area (Å²) in [5, 5.41) is 25.0. The SMILES string of the molecule is CCNC(CC)CCc1ccc([N+](=O)[O-])cc1[N+](=O)[O-]. The van der Waals surface area contributed by atoms with Crippen molar-refractivity contribution in [1.82, 2.24) is 5.32 Å². The fraction of sp³-hybridized carbons (Fsp3) is 0.538.